The SMILES string of the molecule is COc1ccc(OCC(c2ccccc2)N2CCC(NC(=O)c3cnc(-c4cccc(F)c4)nc3)CC2)cc1. The lowest BCUT2D eigenvalue weighted by atomic mass is 9.99. The minimum absolute atomic E-state index is 0.0515. The highest BCUT2D eigenvalue weighted by Crippen LogP contribution is 2.27. The lowest BCUT2D eigenvalue weighted by molar-refractivity contribution is 0.0837. The zero-order chi connectivity index (χ0) is 27.0. The minimum atomic E-state index is -0.356. The summed E-state index contributed by atoms with van der Waals surface area (Å²) in [6, 6.07) is 24.2. The molecule has 1 N–H and O–H groups in total. The molecule has 8 heteroatoms. The first-order chi connectivity index (χ1) is 19.1. The van der Waals surface area contributed by atoms with Crippen LogP contribution in [0.25, 0.3) is 11.4 Å². The molecule has 0 spiro atoms. The highest BCUT2D eigenvalue weighted by atomic mass is 19.1. The number of nitrogens with zero attached hydrogens (tertiary/aromatic N) is 3. The van der Waals surface area contributed by atoms with Gasteiger partial charge in [-0.2, -0.15) is 0 Å². The van der Waals surface area contributed by atoms with E-state index in [0.29, 0.717) is 23.6 Å². The number of carbonyl (C=O) groups excluding carboxylic acids is 1. The molecule has 0 saturated carbocycles. The molecule has 1 fully saturated rings. The Morgan fingerprint density at radius 1 is 0.974 bits per heavy atom. The zero-order valence-electron chi connectivity index (χ0n) is 21.8. The van der Waals surface area contributed by atoms with Crippen molar-refractivity contribution in [2.45, 2.75) is 24.9 Å². The van der Waals surface area contributed by atoms with Crippen molar-refractivity contribution in [3.63, 3.8) is 0 Å². The molecule has 1 unspecified atom stereocenters. The van der Waals surface area contributed by atoms with Gasteiger partial charge in [-0.3, -0.25) is 9.69 Å². The Bertz CT molecular complexity index is 1360. The largest absolute Gasteiger partial charge is 0.497 e. The van der Waals surface area contributed by atoms with Crippen LogP contribution >= 0.6 is 0 Å². The first-order valence-corrected chi connectivity index (χ1v) is 13.0. The van der Waals surface area contributed by atoms with E-state index in [-0.39, 0.29) is 23.8 Å². The van der Waals surface area contributed by atoms with Gasteiger partial charge in [0.25, 0.3) is 5.91 Å². The van der Waals surface area contributed by atoms with Crippen LogP contribution in [0, 0.1) is 5.82 Å². The Labute approximate surface area is 227 Å². The van der Waals surface area contributed by atoms with E-state index in [4.69, 9.17) is 9.47 Å². The summed E-state index contributed by atoms with van der Waals surface area (Å²) in [6.07, 6.45) is 4.61. The van der Waals surface area contributed by atoms with Crippen LogP contribution in [0.2, 0.25) is 0 Å². The molecule has 4 aromatic rings. The predicted octanol–water partition coefficient (Wildman–Crippen LogP) is 5.31. The monoisotopic (exact) mass is 526 g/mol. The molecule has 1 amide bonds. The summed E-state index contributed by atoms with van der Waals surface area (Å²) in [5.74, 6) is 1.40. The summed E-state index contributed by atoms with van der Waals surface area (Å²) in [6.45, 7) is 2.17. The maximum Gasteiger partial charge on any atom is 0.254 e. The van der Waals surface area contributed by atoms with Crippen LogP contribution in [0.15, 0.2) is 91.3 Å². The molecule has 0 radical (unpaired) electrons. The van der Waals surface area contributed by atoms with Crippen LogP contribution in [0.5, 0.6) is 11.5 Å². The van der Waals surface area contributed by atoms with Gasteiger partial charge in [0.15, 0.2) is 5.82 Å². The smallest absolute Gasteiger partial charge is 0.254 e. The second kappa shape index (κ2) is 12.5. The number of aromatic nitrogens is 2. The van der Waals surface area contributed by atoms with Crippen LogP contribution in [-0.2, 0) is 0 Å². The van der Waals surface area contributed by atoms with Gasteiger partial charge < -0.3 is 14.8 Å². The van der Waals surface area contributed by atoms with E-state index in [9.17, 15) is 9.18 Å². The number of methoxy groups -OCH3 is 1. The summed E-state index contributed by atoms with van der Waals surface area (Å²) in [5, 5.41) is 3.12. The number of amides is 1. The van der Waals surface area contributed by atoms with Crippen molar-refractivity contribution < 1.29 is 18.7 Å². The minimum Gasteiger partial charge on any atom is -0.497 e. The van der Waals surface area contributed by atoms with Gasteiger partial charge in [-0.25, -0.2) is 14.4 Å². The third-order valence-electron chi connectivity index (χ3n) is 6.95. The van der Waals surface area contributed by atoms with E-state index in [2.05, 4.69) is 32.3 Å². The number of halogens is 1. The number of piperidine rings is 1. The molecule has 5 rings (SSSR count). The fourth-order valence-electron chi connectivity index (χ4n) is 4.78. The first kappa shape index (κ1) is 26.3. The van der Waals surface area contributed by atoms with Crippen LogP contribution < -0.4 is 14.8 Å². The number of carbonyl (C=O) groups is 1. The number of ether oxygens (including phenoxy) is 2. The van der Waals surface area contributed by atoms with E-state index in [1.807, 2.05) is 42.5 Å². The molecule has 1 atom stereocenters. The first-order valence-electron chi connectivity index (χ1n) is 13.0. The molecule has 0 bridgehead atoms. The summed E-state index contributed by atoms with van der Waals surface area (Å²) in [5.41, 5.74) is 2.15. The Balaban J connectivity index is 1.17. The van der Waals surface area contributed by atoms with Crippen molar-refractivity contribution in [2.75, 3.05) is 26.8 Å². The molecule has 1 aliphatic rings. The molecule has 2 heterocycles. The third-order valence-corrected chi connectivity index (χ3v) is 6.95. The van der Waals surface area contributed by atoms with Gasteiger partial charge in [0.1, 0.15) is 23.9 Å². The average Bonchev–Trinajstić information content (AvgIpc) is 2.99. The molecule has 1 aliphatic heterocycles. The topological polar surface area (TPSA) is 76.6 Å². The molecule has 39 heavy (non-hydrogen) atoms. The van der Waals surface area contributed by atoms with Gasteiger partial charge in [0.05, 0.1) is 18.7 Å². The fraction of sp³-hybridized carbons (Fsp3) is 0.258. The van der Waals surface area contributed by atoms with Crippen LogP contribution in [0.1, 0.15) is 34.8 Å². The number of nitrogens with one attached hydrogen (secondary N) is 1. The van der Waals surface area contributed by atoms with Crippen molar-refractivity contribution in [3.05, 3.63) is 108 Å². The Kier molecular flexibility index (Phi) is 8.43. The zero-order valence-corrected chi connectivity index (χ0v) is 21.8. The van der Waals surface area contributed by atoms with Gasteiger partial charge in [-0.05, 0) is 54.8 Å². The van der Waals surface area contributed by atoms with Gasteiger partial charge >= 0.3 is 0 Å². The maximum absolute atomic E-state index is 13.5. The Morgan fingerprint density at radius 3 is 2.33 bits per heavy atom. The van der Waals surface area contributed by atoms with E-state index in [1.54, 1.807) is 19.2 Å². The lowest BCUT2D eigenvalue weighted by Gasteiger charge is -2.38. The van der Waals surface area contributed by atoms with Gasteiger partial charge in [-0.15, -0.1) is 0 Å². The average molecular weight is 527 g/mol. The Hall–Kier alpha value is -4.30. The lowest BCUT2D eigenvalue weighted by Crippen LogP contribution is -2.46. The van der Waals surface area contributed by atoms with Gasteiger partial charge in [0.2, 0.25) is 0 Å². The maximum atomic E-state index is 13.5. The molecule has 200 valence electrons. The van der Waals surface area contributed by atoms with E-state index >= 15 is 0 Å². The normalized spacial score (nSPS) is 14.9. The molecule has 1 aromatic heterocycles. The quantitative estimate of drug-likeness (QED) is 0.319. The second-order valence-corrected chi connectivity index (χ2v) is 9.50. The van der Waals surface area contributed by atoms with E-state index in [0.717, 1.165) is 37.4 Å². The van der Waals surface area contributed by atoms with Crippen molar-refractivity contribution in [2.24, 2.45) is 0 Å². The summed E-state index contributed by atoms with van der Waals surface area (Å²) in [4.78, 5) is 23.8. The van der Waals surface area contributed by atoms with Gasteiger partial charge in [0, 0.05) is 37.1 Å². The predicted molar refractivity (Wildman–Crippen MR) is 147 cm³/mol. The molecule has 3 aromatic carbocycles. The second-order valence-electron chi connectivity index (χ2n) is 9.50. The molecule has 0 aliphatic carbocycles. The van der Waals surface area contributed by atoms with E-state index < -0.39 is 0 Å². The van der Waals surface area contributed by atoms with Crippen LogP contribution in [0.3, 0.4) is 0 Å². The third kappa shape index (κ3) is 6.78. The highest BCUT2D eigenvalue weighted by Gasteiger charge is 2.28. The van der Waals surface area contributed by atoms with Crippen LogP contribution in [0.4, 0.5) is 4.39 Å². The summed E-state index contributed by atoms with van der Waals surface area (Å²) < 4.78 is 24.9. The van der Waals surface area contributed by atoms with Crippen molar-refractivity contribution in [1.82, 2.24) is 20.2 Å². The van der Waals surface area contributed by atoms with Gasteiger partial charge in [-0.1, -0.05) is 42.5 Å². The van der Waals surface area contributed by atoms with Crippen molar-refractivity contribution in [1.29, 1.82) is 0 Å². The standard InChI is InChI=1S/C31H31FN4O3/c1-38-27-10-12-28(13-11-27)39-21-29(22-6-3-2-4-7-22)36-16-14-26(15-17-36)35-31(37)24-19-33-30(34-20-24)23-8-5-9-25(32)18-23/h2-13,18-20,26,29H,14-17,21H2,1H3,(H,35,37). The molecular weight excluding hydrogens is 495 g/mol. The summed E-state index contributed by atoms with van der Waals surface area (Å²) in [7, 11) is 1.64. The molecular formula is C31H31FN4O3. The number of benzene rings is 3. The Morgan fingerprint density at radius 2 is 1.67 bits per heavy atom. The number of hydrogen-bond acceptors (Lipinski definition) is 6. The molecule has 7 nitrogen and oxygen atoms in total. The number of hydrogen-bond donors (Lipinski definition) is 1. The summed E-state index contributed by atoms with van der Waals surface area (Å²) >= 11 is 0. The van der Waals surface area contributed by atoms with Crippen molar-refractivity contribution in [3.8, 4) is 22.9 Å². The number of likely N-dealkylation sites (tertiary alicyclic amines) is 1. The van der Waals surface area contributed by atoms with Crippen LogP contribution in [-0.4, -0.2) is 53.6 Å². The fourth-order valence-corrected chi connectivity index (χ4v) is 4.78. The van der Waals surface area contributed by atoms with E-state index in [1.165, 1.54) is 30.1 Å². The number of rotatable bonds is 9. The molecule has 1 saturated heterocycles. The van der Waals surface area contributed by atoms with Crippen molar-refractivity contribution >= 4 is 5.91 Å². The highest BCUT2D eigenvalue weighted by molar-refractivity contribution is 5.93.